The lowest BCUT2D eigenvalue weighted by Crippen LogP contribution is -2.47. The van der Waals surface area contributed by atoms with Crippen LogP contribution in [-0.2, 0) is 18.4 Å². The molecule has 1 aliphatic rings. The van der Waals surface area contributed by atoms with Crippen LogP contribution in [0, 0.1) is 0 Å². The number of aryl methyl sites for hydroxylation is 1. The normalized spacial score (nSPS) is 15.4. The predicted molar refractivity (Wildman–Crippen MR) is 101 cm³/mol. The minimum absolute atomic E-state index is 0.0974. The fourth-order valence-corrected chi connectivity index (χ4v) is 3.47. The van der Waals surface area contributed by atoms with Crippen molar-refractivity contribution in [2.24, 2.45) is 7.05 Å². The molecule has 0 aliphatic carbocycles. The first-order valence-electron chi connectivity index (χ1n) is 9.13. The molecule has 3 heterocycles. The molecule has 0 unspecified atom stereocenters. The monoisotopic (exact) mass is 421 g/mol. The summed E-state index contributed by atoms with van der Waals surface area (Å²) in [4.78, 5) is 30.5. The van der Waals surface area contributed by atoms with Crippen molar-refractivity contribution < 1.29 is 22.7 Å². The molecule has 11 heteroatoms. The topological polar surface area (TPSA) is 80.9 Å². The van der Waals surface area contributed by atoms with Crippen LogP contribution in [0.1, 0.15) is 5.69 Å². The molecule has 1 aromatic carbocycles. The molecule has 1 fully saturated rings. The number of nitrogens with zero attached hydrogens (tertiary/aromatic N) is 4. The number of alkyl halides is 3. The number of ether oxygens (including phenoxy) is 1. The number of benzene rings is 1. The van der Waals surface area contributed by atoms with E-state index >= 15 is 0 Å². The van der Waals surface area contributed by atoms with E-state index in [2.05, 4.69) is 15.0 Å². The summed E-state index contributed by atoms with van der Waals surface area (Å²) in [5, 5.41) is 2.73. The third kappa shape index (κ3) is 4.01. The van der Waals surface area contributed by atoms with Crippen molar-refractivity contribution in [3.05, 3.63) is 52.8 Å². The van der Waals surface area contributed by atoms with Gasteiger partial charge in [-0.1, -0.05) is 18.2 Å². The number of rotatable bonds is 4. The predicted octanol–water partition coefficient (Wildman–Crippen LogP) is 1.53. The summed E-state index contributed by atoms with van der Waals surface area (Å²) in [7, 11) is 1.51. The quantitative estimate of drug-likeness (QED) is 0.691. The van der Waals surface area contributed by atoms with Crippen molar-refractivity contribution in [3.8, 4) is 16.9 Å². The molecule has 1 amide bonds. The Bertz CT molecular complexity index is 1170. The van der Waals surface area contributed by atoms with Gasteiger partial charge < -0.3 is 14.6 Å². The van der Waals surface area contributed by atoms with E-state index in [4.69, 9.17) is 0 Å². The van der Waals surface area contributed by atoms with Crippen LogP contribution in [0.25, 0.3) is 16.8 Å². The Morgan fingerprint density at radius 1 is 1.17 bits per heavy atom. The van der Waals surface area contributed by atoms with E-state index in [0.29, 0.717) is 30.9 Å². The highest BCUT2D eigenvalue weighted by atomic mass is 19.4. The Balaban J connectivity index is 1.80. The van der Waals surface area contributed by atoms with Gasteiger partial charge in [0.1, 0.15) is 5.75 Å². The Hall–Kier alpha value is -3.34. The first kappa shape index (κ1) is 20.0. The van der Waals surface area contributed by atoms with Crippen molar-refractivity contribution in [1.29, 1.82) is 0 Å². The van der Waals surface area contributed by atoms with Crippen LogP contribution in [-0.4, -0.2) is 50.8 Å². The van der Waals surface area contributed by atoms with E-state index in [-0.39, 0.29) is 29.4 Å². The number of hydrogen-bond donors (Lipinski definition) is 1. The molecule has 8 nitrogen and oxygen atoms in total. The van der Waals surface area contributed by atoms with Gasteiger partial charge >= 0.3 is 12.1 Å². The Morgan fingerprint density at radius 3 is 2.67 bits per heavy atom. The molecule has 3 aromatic rings. The van der Waals surface area contributed by atoms with Crippen LogP contribution in [0.2, 0.25) is 0 Å². The first-order chi connectivity index (χ1) is 14.2. The molecular formula is C19H18F3N5O3. The number of halogens is 3. The SMILES string of the molecule is Cn1cc(-c2ccccc2OC(F)(F)F)c2nc(CN3CCNC(=O)C3)cn2c1=O. The Morgan fingerprint density at radius 2 is 1.93 bits per heavy atom. The van der Waals surface area contributed by atoms with Crippen molar-refractivity contribution in [3.63, 3.8) is 0 Å². The highest BCUT2D eigenvalue weighted by Gasteiger charge is 2.32. The molecule has 0 radical (unpaired) electrons. The molecule has 158 valence electrons. The smallest absolute Gasteiger partial charge is 0.405 e. The molecule has 30 heavy (non-hydrogen) atoms. The molecule has 0 bridgehead atoms. The molecule has 1 N–H and O–H groups in total. The van der Waals surface area contributed by atoms with Crippen molar-refractivity contribution in [2.75, 3.05) is 19.6 Å². The van der Waals surface area contributed by atoms with Gasteiger partial charge in [0, 0.05) is 50.2 Å². The van der Waals surface area contributed by atoms with Gasteiger partial charge in [-0.05, 0) is 6.07 Å². The largest absolute Gasteiger partial charge is 0.573 e. The van der Waals surface area contributed by atoms with E-state index in [0.717, 1.165) is 0 Å². The lowest BCUT2D eigenvalue weighted by molar-refractivity contribution is -0.274. The molecule has 0 saturated carbocycles. The highest BCUT2D eigenvalue weighted by Crippen LogP contribution is 2.35. The van der Waals surface area contributed by atoms with E-state index in [1.165, 1.54) is 40.4 Å². The van der Waals surface area contributed by atoms with E-state index in [1.807, 2.05) is 4.90 Å². The summed E-state index contributed by atoms with van der Waals surface area (Å²) in [6, 6.07) is 5.70. The number of aromatic nitrogens is 3. The average molecular weight is 421 g/mol. The van der Waals surface area contributed by atoms with Crippen LogP contribution in [0.4, 0.5) is 13.2 Å². The van der Waals surface area contributed by atoms with Crippen LogP contribution in [0.15, 0.2) is 41.5 Å². The summed E-state index contributed by atoms with van der Waals surface area (Å²) in [5.74, 6) is -0.484. The summed E-state index contributed by atoms with van der Waals surface area (Å²) in [6.07, 6.45) is -1.88. The highest BCUT2D eigenvalue weighted by molar-refractivity contribution is 5.81. The van der Waals surface area contributed by atoms with E-state index < -0.39 is 12.1 Å². The number of hydrogen-bond acceptors (Lipinski definition) is 5. The minimum atomic E-state index is -4.86. The second-order valence-electron chi connectivity index (χ2n) is 6.97. The number of imidazole rings is 1. The van der Waals surface area contributed by atoms with Gasteiger partial charge in [0.05, 0.1) is 12.2 Å². The van der Waals surface area contributed by atoms with Crippen LogP contribution >= 0.6 is 0 Å². The fourth-order valence-electron chi connectivity index (χ4n) is 3.47. The molecule has 0 spiro atoms. The van der Waals surface area contributed by atoms with E-state index in [1.54, 1.807) is 12.3 Å². The van der Waals surface area contributed by atoms with Gasteiger partial charge in [0.25, 0.3) is 0 Å². The maximum absolute atomic E-state index is 12.9. The van der Waals surface area contributed by atoms with Crippen molar-refractivity contribution in [1.82, 2.24) is 24.2 Å². The van der Waals surface area contributed by atoms with Gasteiger partial charge in [0.2, 0.25) is 5.91 Å². The lowest BCUT2D eigenvalue weighted by Gasteiger charge is -2.25. The number of para-hydroxylation sites is 1. The second kappa shape index (κ2) is 7.48. The zero-order valence-electron chi connectivity index (χ0n) is 15.9. The van der Waals surface area contributed by atoms with Gasteiger partial charge in [-0.2, -0.15) is 0 Å². The number of nitrogens with one attached hydrogen (secondary N) is 1. The van der Waals surface area contributed by atoms with Crippen LogP contribution in [0.3, 0.4) is 0 Å². The lowest BCUT2D eigenvalue weighted by atomic mass is 10.1. The van der Waals surface area contributed by atoms with Crippen LogP contribution < -0.4 is 15.7 Å². The number of carbonyl (C=O) groups excluding carboxylic acids is 1. The second-order valence-corrected chi connectivity index (χ2v) is 6.97. The maximum Gasteiger partial charge on any atom is 0.573 e. The van der Waals surface area contributed by atoms with Crippen molar-refractivity contribution >= 4 is 11.6 Å². The summed E-state index contributed by atoms with van der Waals surface area (Å²) >= 11 is 0. The summed E-state index contributed by atoms with van der Waals surface area (Å²) in [5.41, 5.74) is 0.832. The van der Waals surface area contributed by atoms with Gasteiger partial charge in [-0.3, -0.25) is 14.1 Å². The summed E-state index contributed by atoms with van der Waals surface area (Å²) < 4.78 is 45.3. The van der Waals surface area contributed by atoms with Gasteiger partial charge in [-0.25, -0.2) is 9.78 Å². The minimum Gasteiger partial charge on any atom is -0.405 e. The van der Waals surface area contributed by atoms with Gasteiger partial charge in [-0.15, -0.1) is 13.2 Å². The van der Waals surface area contributed by atoms with Gasteiger partial charge in [0.15, 0.2) is 5.65 Å². The van der Waals surface area contributed by atoms with Crippen molar-refractivity contribution in [2.45, 2.75) is 12.9 Å². The third-order valence-corrected chi connectivity index (χ3v) is 4.73. The third-order valence-electron chi connectivity index (χ3n) is 4.73. The number of amides is 1. The van der Waals surface area contributed by atoms with Crippen LogP contribution in [0.5, 0.6) is 5.75 Å². The molecule has 2 aromatic heterocycles. The number of piperazine rings is 1. The number of carbonyl (C=O) groups is 1. The zero-order valence-corrected chi connectivity index (χ0v) is 15.9. The standard InChI is InChI=1S/C19H18F3N5O3/c1-25-10-14(13-4-2-3-5-15(13)30-19(20,21)22)17-24-12(9-27(17)18(25)29)8-26-7-6-23-16(28)11-26/h2-5,9-10H,6-8,11H2,1H3,(H,23,28). The number of fused-ring (bicyclic) bond motifs is 1. The Kier molecular flexibility index (Phi) is 4.98. The fraction of sp³-hybridized carbons (Fsp3) is 0.316. The van der Waals surface area contributed by atoms with E-state index in [9.17, 15) is 22.8 Å². The molecular weight excluding hydrogens is 403 g/mol. The first-order valence-corrected chi connectivity index (χ1v) is 9.13. The molecule has 0 atom stereocenters. The zero-order chi connectivity index (χ0) is 21.5. The molecule has 1 aliphatic heterocycles. The molecule has 1 saturated heterocycles. The average Bonchev–Trinajstić information content (AvgIpc) is 3.08. The Labute approximate surface area is 168 Å². The summed E-state index contributed by atoms with van der Waals surface area (Å²) in [6.45, 7) is 1.69. The molecule has 4 rings (SSSR count). The maximum atomic E-state index is 12.9.